The summed E-state index contributed by atoms with van der Waals surface area (Å²) in [6, 6.07) is 16.2. The van der Waals surface area contributed by atoms with Crippen molar-refractivity contribution in [3.05, 3.63) is 94.1 Å². The summed E-state index contributed by atoms with van der Waals surface area (Å²) in [5.41, 5.74) is 1.08. The molecule has 0 saturated heterocycles. The van der Waals surface area contributed by atoms with E-state index in [9.17, 15) is 19.2 Å². The molecule has 372 valence electrons. The number of benzene rings is 3. The van der Waals surface area contributed by atoms with E-state index < -0.39 is 35.0 Å². The summed E-state index contributed by atoms with van der Waals surface area (Å²) < 4.78 is 12.2. The lowest BCUT2D eigenvalue weighted by atomic mass is 10.1. The van der Waals surface area contributed by atoms with Crippen molar-refractivity contribution in [1.29, 1.82) is 0 Å². The molecule has 68 heavy (non-hydrogen) atoms. The SMILES string of the molecule is CCCCCCCCCCCCOOCc1ccc(Cl)c(NC(=O)C(C(=O)Nc2cc(C(=O)OCCCCCCCCCCCC)ccc2Cl)n2nncc2SC(C)C(=O)Oc2ccccc2)c1. The van der Waals surface area contributed by atoms with E-state index in [4.69, 9.17) is 42.5 Å². The van der Waals surface area contributed by atoms with Crippen molar-refractivity contribution in [2.75, 3.05) is 23.8 Å². The second-order valence-electron chi connectivity index (χ2n) is 17.0. The number of amides is 2. The van der Waals surface area contributed by atoms with Crippen molar-refractivity contribution in [2.24, 2.45) is 0 Å². The number of esters is 2. The average Bonchev–Trinajstić information content (AvgIpc) is 3.78. The molecule has 0 aliphatic heterocycles. The summed E-state index contributed by atoms with van der Waals surface area (Å²) >= 11 is 14.1. The number of nitrogens with one attached hydrogen (secondary N) is 2. The summed E-state index contributed by atoms with van der Waals surface area (Å²) in [6.45, 7) is 6.87. The molecule has 2 unspecified atom stereocenters. The van der Waals surface area contributed by atoms with Crippen LogP contribution in [0.1, 0.15) is 171 Å². The molecule has 0 spiro atoms. The van der Waals surface area contributed by atoms with Gasteiger partial charge in [-0.2, -0.15) is 0 Å². The summed E-state index contributed by atoms with van der Waals surface area (Å²) in [4.78, 5) is 65.9. The molecule has 13 nitrogen and oxygen atoms in total. The number of aromatic nitrogens is 3. The highest BCUT2D eigenvalue weighted by Gasteiger charge is 2.34. The lowest BCUT2D eigenvalue weighted by Crippen LogP contribution is -2.37. The molecule has 2 amide bonds. The third-order valence-electron chi connectivity index (χ3n) is 11.2. The number of unbranched alkanes of at least 4 members (excludes halogenated alkanes) is 18. The molecule has 2 atom stereocenters. The Labute approximate surface area is 417 Å². The first-order valence-electron chi connectivity index (χ1n) is 24.6. The van der Waals surface area contributed by atoms with Crippen LogP contribution in [0.3, 0.4) is 0 Å². The van der Waals surface area contributed by atoms with E-state index in [0.717, 1.165) is 55.0 Å². The van der Waals surface area contributed by atoms with Crippen LogP contribution >= 0.6 is 35.0 Å². The maximum atomic E-state index is 14.4. The van der Waals surface area contributed by atoms with E-state index in [1.807, 2.05) is 0 Å². The first kappa shape index (κ1) is 56.1. The van der Waals surface area contributed by atoms with Crippen molar-refractivity contribution in [3.63, 3.8) is 0 Å². The first-order chi connectivity index (χ1) is 33.1. The van der Waals surface area contributed by atoms with E-state index in [2.05, 4.69) is 34.8 Å². The fraction of sp³-hybridized carbons (Fsp3) is 0.538. The van der Waals surface area contributed by atoms with Crippen LogP contribution in [-0.4, -0.2) is 57.2 Å². The monoisotopic (exact) mass is 995 g/mol. The minimum atomic E-state index is -1.72. The number of nitrogens with zero attached hydrogens (tertiary/aromatic N) is 3. The summed E-state index contributed by atoms with van der Waals surface area (Å²) in [5.74, 6) is -2.49. The number of hydrogen-bond donors (Lipinski definition) is 2. The molecule has 4 aromatic rings. The molecule has 0 saturated carbocycles. The van der Waals surface area contributed by atoms with Gasteiger partial charge in [0.2, 0.25) is 6.04 Å². The van der Waals surface area contributed by atoms with Crippen molar-refractivity contribution in [2.45, 2.75) is 172 Å². The number of hydrogen-bond acceptors (Lipinski definition) is 11. The van der Waals surface area contributed by atoms with Gasteiger partial charge in [-0.1, -0.05) is 194 Å². The fourth-order valence-corrected chi connectivity index (χ4v) is 8.51. The van der Waals surface area contributed by atoms with Crippen molar-refractivity contribution >= 4 is 70.1 Å². The number of rotatable bonds is 35. The zero-order valence-electron chi connectivity index (χ0n) is 40.1. The molecule has 0 radical (unpaired) electrons. The summed E-state index contributed by atoms with van der Waals surface area (Å²) in [7, 11) is 0. The largest absolute Gasteiger partial charge is 0.462 e. The van der Waals surface area contributed by atoms with Gasteiger partial charge in [0.05, 0.1) is 46.4 Å². The first-order valence-corrected chi connectivity index (χ1v) is 26.2. The molecule has 1 aromatic heterocycles. The van der Waals surface area contributed by atoms with E-state index in [1.165, 1.54) is 114 Å². The lowest BCUT2D eigenvalue weighted by molar-refractivity contribution is -0.304. The van der Waals surface area contributed by atoms with Crippen LogP contribution in [0.5, 0.6) is 5.75 Å². The normalized spacial score (nSPS) is 12.1. The molecule has 2 N–H and O–H groups in total. The maximum absolute atomic E-state index is 14.4. The molecule has 0 aliphatic rings. The third kappa shape index (κ3) is 21.0. The molecule has 0 bridgehead atoms. The smallest absolute Gasteiger partial charge is 0.338 e. The van der Waals surface area contributed by atoms with Gasteiger partial charge >= 0.3 is 11.9 Å². The van der Waals surface area contributed by atoms with Crippen LogP contribution in [0.15, 0.2) is 78.0 Å². The second-order valence-corrected chi connectivity index (χ2v) is 19.2. The number of halogens is 2. The van der Waals surface area contributed by atoms with Crippen LogP contribution < -0.4 is 15.4 Å². The van der Waals surface area contributed by atoms with Crippen molar-refractivity contribution < 1.29 is 38.4 Å². The molecule has 4 rings (SSSR count). The zero-order chi connectivity index (χ0) is 48.8. The van der Waals surface area contributed by atoms with Gasteiger partial charge in [0.25, 0.3) is 11.8 Å². The second kappa shape index (κ2) is 33.1. The third-order valence-corrected chi connectivity index (χ3v) is 13.0. The Morgan fingerprint density at radius 3 is 1.76 bits per heavy atom. The number of carbonyl (C=O) groups is 4. The standard InChI is InChI=1S/C52H71Cl2N5O8S/c1-4-6-8-10-12-14-16-18-20-25-33-64-52(63)41-30-32-44(54)46(36-41)57-50(61)48(59-47(37-55-58-59)68-39(3)51(62)67-42-27-23-22-24-28-42)49(60)56-45-35-40(29-31-43(45)53)38-66-65-34-26-21-19-17-15-13-11-9-7-5-2/h22-24,27-32,35-37,39,48H,4-21,25-26,33-34,38H2,1-3H3,(H,56,60)(H,57,61). The van der Waals surface area contributed by atoms with Crippen molar-refractivity contribution in [3.8, 4) is 5.75 Å². The predicted octanol–water partition coefficient (Wildman–Crippen LogP) is 13.9. The molecular formula is C52H71Cl2N5O8S. The highest BCUT2D eigenvalue weighted by molar-refractivity contribution is 8.00. The molecule has 16 heteroatoms. The summed E-state index contributed by atoms with van der Waals surface area (Å²) in [6.07, 6.45) is 25.0. The van der Waals surface area contributed by atoms with Crippen molar-refractivity contribution in [1.82, 2.24) is 15.0 Å². The molecule has 0 aliphatic carbocycles. The number of anilines is 2. The van der Waals surface area contributed by atoms with Gasteiger partial charge in [-0.25, -0.2) is 19.3 Å². The Balaban J connectivity index is 1.41. The van der Waals surface area contributed by atoms with Gasteiger partial charge in [-0.15, -0.1) is 5.10 Å². The average molecular weight is 997 g/mol. The Hall–Kier alpha value is -4.47. The molecular weight excluding hydrogens is 926 g/mol. The van der Waals surface area contributed by atoms with E-state index in [-0.39, 0.29) is 45.2 Å². The van der Waals surface area contributed by atoms with E-state index in [0.29, 0.717) is 17.9 Å². The number of ether oxygens (including phenoxy) is 2. The molecule has 1 heterocycles. The highest BCUT2D eigenvalue weighted by atomic mass is 35.5. The van der Waals surface area contributed by atoms with Crippen LogP contribution in [0.4, 0.5) is 11.4 Å². The number of thioether (sulfide) groups is 1. The van der Waals surface area contributed by atoms with Crippen LogP contribution in [0, 0.1) is 0 Å². The van der Waals surface area contributed by atoms with E-state index in [1.54, 1.807) is 55.5 Å². The van der Waals surface area contributed by atoms with Gasteiger partial charge < -0.3 is 20.1 Å². The van der Waals surface area contributed by atoms with Crippen LogP contribution in [0.25, 0.3) is 0 Å². The molecule has 0 fully saturated rings. The minimum Gasteiger partial charge on any atom is -0.462 e. The fourth-order valence-electron chi connectivity index (χ4n) is 7.32. The van der Waals surface area contributed by atoms with Gasteiger partial charge in [0.15, 0.2) is 0 Å². The number of para-hydroxylation sites is 1. The minimum absolute atomic E-state index is 0.0620. The Morgan fingerprint density at radius 2 is 1.18 bits per heavy atom. The molecule has 3 aromatic carbocycles. The van der Waals surface area contributed by atoms with E-state index >= 15 is 0 Å². The predicted molar refractivity (Wildman–Crippen MR) is 271 cm³/mol. The van der Waals surface area contributed by atoms with Gasteiger partial charge in [0.1, 0.15) is 22.6 Å². The van der Waals surface area contributed by atoms with Crippen LogP contribution in [0.2, 0.25) is 10.0 Å². The Bertz CT molecular complexity index is 2110. The number of carbonyl (C=O) groups excluding carboxylic acids is 4. The maximum Gasteiger partial charge on any atom is 0.338 e. The highest BCUT2D eigenvalue weighted by Crippen LogP contribution is 2.31. The van der Waals surface area contributed by atoms with Gasteiger partial charge in [-0.05, 0) is 67.8 Å². The van der Waals surface area contributed by atoms with Crippen LogP contribution in [-0.2, 0) is 35.5 Å². The zero-order valence-corrected chi connectivity index (χ0v) is 42.4. The van der Waals surface area contributed by atoms with Gasteiger partial charge in [-0.3, -0.25) is 14.4 Å². The Kier molecular flexibility index (Phi) is 27.3. The summed E-state index contributed by atoms with van der Waals surface area (Å²) in [5, 5.41) is 13.3. The lowest BCUT2D eigenvalue weighted by Gasteiger charge is -2.20. The van der Waals surface area contributed by atoms with Gasteiger partial charge in [0, 0.05) is 0 Å². The Morgan fingerprint density at radius 1 is 0.647 bits per heavy atom. The topological polar surface area (TPSA) is 160 Å². The quantitative estimate of drug-likeness (QED) is 0.00859.